The Bertz CT molecular complexity index is 637. The van der Waals surface area contributed by atoms with Crippen molar-refractivity contribution in [1.82, 2.24) is 0 Å². The van der Waals surface area contributed by atoms with Crippen LogP contribution in [0.15, 0.2) is 59.1 Å². The van der Waals surface area contributed by atoms with Gasteiger partial charge in [0.05, 0.1) is 0 Å². The number of Topliss-reactive ketones (excluding diaryl/α,β-unsaturated/α-hetero) is 1. The first-order valence-electron chi connectivity index (χ1n) is 6.65. The molecule has 114 valence electrons. The summed E-state index contributed by atoms with van der Waals surface area (Å²) >= 11 is 3.30. The number of ether oxygens (including phenoxy) is 2. The zero-order valence-electron chi connectivity index (χ0n) is 12.0. The molecule has 0 heterocycles. The van der Waals surface area contributed by atoms with Crippen molar-refractivity contribution in [3.05, 3.63) is 70.2 Å². The highest BCUT2D eigenvalue weighted by Gasteiger charge is 2.22. The van der Waals surface area contributed by atoms with E-state index in [1.165, 1.54) is 7.11 Å². The molecule has 4 nitrogen and oxygen atoms in total. The summed E-state index contributed by atoms with van der Waals surface area (Å²) < 4.78 is 11.1. The second kappa shape index (κ2) is 7.87. The Morgan fingerprint density at radius 3 is 2.27 bits per heavy atom. The van der Waals surface area contributed by atoms with Crippen LogP contribution >= 0.6 is 15.9 Å². The van der Waals surface area contributed by atoms with Crippen molar-refractivity contribution in [2.45, 2.75) is 6.10 Å². The summed E-state index contributed by atoms with van der Waals surface area (Å²) in [6, 6.07) is 15.9. The van der Waals surface area contributed by atoms with E-state index in [9.17, 15) is 9.59 Å². The van der Waals surface area contributed by atoms with E-state index >= 15 is 0 Å². The lowest BCUT2D eigenvalue weighted by atomic mass is 10.1. The molecule has 0 spiro atoms. The standard InChI is InChI=1S/C17H15BrO4/c1-21-16(13-5-3-2-4-6-13)17(20)22-11-15(19)12-7-9-14(18)10-8-12/h2-10,16H,11H2,1H3/t16-/m1/s1. The normalized spacial score (nSPS) is 11.7. The van der Waals surface area contributed by atoms with E-state index in [1.54, 1.807) is 36.4 Å². The van der Waals surface area contributed by atoms with Crippen LogP contribution in [0.5, 0.6) is 0 Å². The molecule has 2 rings (SSSR count). The third-order valence-corrected chi connectivity index (χ3v) is 3.59. The third-order valence-electron chi connectivity index (χ3n) is 3.06. The lowest BCUT2D eigenvalue weighted by Gasteiger charge is -2.14. The minimum absolute atomic E-state index is 0.260. The van der Waals surface area contributed by atoms with E-state index in [0.29, 0.717) is 11.1 Å². The molecule has 0 aliphatic heterocycles. The van der Waals surface area contributed by atoms with Gasteiger partial charge in [-0.2, -0.15) is 0 Å². The van der Waals surface area contributed by atoms with E-state index in [-0.39, 0.29) is 12.4 Å². The molecule has 1 atom stereocenters. The quantitative estimate of drug-likeness (QED) is 0.582. The van der Waals surface area contributed by atoms with Crippen LogP contribution in [0, 0.1) is 0 Å². The topological polar surface area (TPSA) is 52.6 Å². The van der Waals surface area contributed by atoms with Gasteiger partial charge in [-0.3, -0.25) is 4.79 Å². The maximum Gasteiger partial charge on any atom is 0.340 e. The highest BCUT2D eigenvalue weighted by atomic mass is 79.9. The fourth-order valence-electron chi connectivity index (χ4n) is 1.93. The van der Waals surface area contributed by atoms with Crippen molar-refractivity contribution in [2.24, 2.45) is 0 Å². The minimum atomic E-state index is -0.834. The lowest BCUT2D eigenvalue weighted by molar-refractivity contribution is -0.154. The fourth-order valence-corrected chi connectivity index (χ4v) is 2.19. The van der Waals surface area contributed by atoms with Gasteiger partial charge in [0.25, 0.3) is 0 Å². The molecule has 22 heavy (non-hydrogen) atoms. The summed E-state index contributed by atoms with van der Waals surface area (Å²) in [4.78, 5) is 24.0. The number of ketones is 1. The Morgan fingerprint density at radius 1 is 1.05 bits per heavy atom. The van der Waals surface area contributed by atoms with Crippen LogP contribution < -0.4 is 0 Å². The number of rotatable bonds is 6. The SMILES string of the molecule is CO[C@@H](C(=O)OCC(=O)c1ccc(Br)cc1)c1ccccc1. The zero-order valence-corrected chi connectivity index (χ0v) is 13.6. The van der Waals surface area contributed by atoms with Gasteiger partial charge in [-0.25, -0.2) is 4.79 Å². The Kier molecular flexibility index (Phi) is 5.86. The Balaban J connectivity index is 1.96. The number of halogens is 1. The molecule has 0 fully saturated rings. The molecule has 0 amide bonds. The number of hydrogen-bond donors (Lipinski definition) is 0. The second-order valence-electron chi connectivity index (χ2n) is 4.56. The van der Waals surface area contributed by atoms with Crippen LogP contribution in [0.2, 0.25) is 0 Å². The van der Waals surface area contributed by atoms with Crippen molar-refractivity contribution < 1.29 is 19.1 Å². The fraction of sp³-hybridized carbons (Fsp3) is 0.176. The molecule has 2 aromatic rings. The molecule has 0 unspecified atom stereocenters. The molecule has 5 heteroatoms. The van der Waals surface area contributed by atoms with Gasteiger partial charge in [0, 0.05) is 17.1 Å². The molecular weight excluding hydrogens is 348 g/mol. The average molecular weight is 363 g/mol. The van der Waals surface area contributed by atoms with E-state index < -0.39 is 12.1 Å². The smallest absolute Gasteiger partial charge is 0.340 e. The largest absolute Gasteiger partial charge is 0.455 e. The van der Waals surface area contributed by atoms with Crippen molar-refractivity contribution in [3.63, 3.8) is 0 Å². The summed E-state index contributed by atoms with van der Waals surface area (Å²) in [6.07, 6.45) is -0.834. The van der Waals surface area contributed by atoms with Crippen LogP contribution in [0.25, 0.3) is 0 Å². The van der Waals surface area contributed by atoms with Gasteiger partial charge in [0.1, 0.15) is 0 Å². The van der Waals surface area contributed by atoms with Gasteiger partial charge in [0.2, 0.25) is 0 Å². The lowest BCUT2D eigenvalue weighted by Crippen LogP contribution is -2.21. The summed E-state index contributed by atoms with van der Waals surface area (Å²) in [6.45, 7) is -0.312. The maximum absolute atomic E-state index is 12.1. The van der Waals surface area contributed by atoms with Crippen molar-refractivity contribution in [3.8, 4) is 0 Å². The van der Waals surface area contributed by atoms with E-state index in [1.807, 2.05) is 18.2 Å². The van der Waals surface area contributed by atoms with Gasteiger partial charge in [-0.15, -0.1) is 0 Å². The number of carbonyl (C=O) groups excluding carboxylic acids is 2. The van der Waals surface area contributed by atoms with Gasteiger partial charge < -0.3 is 9.47 Å². The number of benzene rings is 2. The third kappa shape index (κ3) is 4.26. The maximum atomic E-state index is 12.1. The van der Waals surface area contributed by atoms with Crippen LogP contribution in [0.1, 0.15) is 22.0 Å². The van der Waals surface area contributed by atoms with Crippen LogP contribution in [0.4, 0.5) is 0 Å². The average Bonchev–Trinajstić information content (AvgIpc) is 2.55. The molecular formula is C17H15BrO4. The van der Waals surface area contributed by atoms with Crippen molar-refractivity contribution in [1.29, 1.82) is 0 Å². The van der Waals surface area contributed by atoms with Gasteiger partial charge in [-0.05, 0) is 17.7 Å². The Hall–Kier alpha value is -1.98. The summed E-state index contributed by atoms with van der Waals surface area (Å²) in [5, 5.41) is 0. The van der Waals surface area contributed by atoms with Gasteiger partial charge >= 0.3 is 5.97 Å². The molecule has 0 aliphatic rings. The van der Waals surface area contributed by atoms with Crippen molar-refractivity contribution >= 4 is 27.7 Å². The van der Waals surface area contributed by atoms with E-state index in [4.69, 9.17) is 9.47 Å². The molecule has 0 N–H and O–H groups in total. The first-order valence-corrected chi connectivity index (χ1v) is 7.44. The van der Waals surface area contributed by atoms with E-state index in [0.717, 1.165) is 4.47 Å². The number of hydrogen-bond acceptors (Lipinski definition) is 4. The first kappa shape index (κ1) is 16.4. The number of methoxy groups -OCH3 is 1. The Labute approximate surface area is 137 Å². The van der Waals surface area contributed by atoms with Crippen LogP contribution in [-0.2, 0) is 14.3 Å². The zero-order chi connectivity index (χ0) is 15.9. The molecule has 0 saturated heterocycles. The highest BCUT2D eigenvalue weighted by molar-refractivity contribution is 9.10. The minimum Gasteiger partial charge on any atom is -0.455 e. The molecule has 0 aromatic heterocycles. The monoisotopic (exact) mass is 362 g/mol. The van der Waals surface area contributed by atoms with Gasteiger partial charge in [-0.1, -0.05) is 58.4 Å². The summed E-state index contributed by atoms with van der Waals surface area (Å²) in [5.74, 6) is -0.845. The Morgan fingerprint density at radius 2 is 1.68 bits per heavy atom. The molecule has 0 radical (unpaired) electrons. The van der Waals surface area contributed by atoms with Gasteiger partial charge in [0.15, 0.2) is 18.5 Å². The van der Waals surface area contributed by atoms with Crippen molar-refractivity contribution in [2.75, 3.05) is 13.7 Å². The second-order valence-corrected chi connectivity index (χ2v) is 5.48. The van der Waals surface area contributed by atoms with Crippen LogP contribution in [-0.4, -0.2) is 25.5 Å². The predicted octanol–water partition coefficient (Wildman–Crippen LogP) is 3.56. The van der Waals surface area contributed by atoms with E-state index in [2.05, 4.69) is 15.9 Å². The van der Waals surface area contributed by atoms with Crippen LogP contribution in [0.3, 0.4) is 0 Å². The first-order chi connectivity index (χ1) is 10.6. The molecule has 0 aliphatic carbocycles. The molecule has 0 saturated carbocycles. The summed E-state index contributed by atoms with van der Waals surface area (Å²) in [5.41, 5.74) is 1.18. The highest BCUT2D eigenvalue weighted by Crippen LogP contribution is 2.18. The number of carbonyl (C=O) groups is 2. The predicted molar refractivity (Wildman–Crippen MR) is 85.6 cm³/mol. The number of esters is 1. The summed E-state index contributed by atoms with van der Waals surface area (Å²) in [7, 11) is 1.43. The molecule has 0 bridgehead atoms. The molecule has 2 aromatic carbocycles.